The minimum absolute atomic E-state index is 0.313. The number of halogens is 3. The number of carbonyl (C=O) groups is 1. The van der Waals surface area contributed by atoms with E-state index in [0.29, 0.717) is 11.4 Å². The maximum Gasteiger partial charge on any atom is 0.418 e. The summed E-state index contributed by atoms with van der Waals surface area (Å²) in [5, 5.41) is 13.5. The van der Waals surface area contributed by atoms with Gasteiger partial charge in [-0.3, -0.25) is 0 Å². The zero-order valence-corrected chi connectivity index (χ0v) is 18.1. The molecule has 2 amide bonds. The van der Waals surface area contributed by atoms with Crippen molar-refractivity contribution in [3.63, 3.8) is 0 Å². The molecule has 2 aromatic carbocycles. The van der Waals surface area contributed by atoms with Crippen molar-refractivity contribution in [3.8, 4) is 11.3 Å². The molecule has 1 aliphatic heterocycles. The Morgan fingerprint density at radius 2 is 1.73 bits per heavy atom. The summed E-state index contributed by atoms with van der Waals surface area (Å²) >= 11 is 0. The molecule has 2 N–H and O–H groups in total. The van der Waals surface area contributed by atoms with Crippen molar-refractivity contribution < 1.29 is 18.0 Å². The molecule has 1 saturated heterocycles. The third-order valence-electron chi connectivity index (χ3n) is 5.65. The van der Waals surface area contributed by atoms with E-state index in [1.165, 1.54) is 18.2 Å². The standard InChI is InChI=1S/C24H24F3N5O/c1-16-11-13-32(14-12-16)22-10-9-20(30-31-22)17-5-4-6-18(15-17)28-23(33)29-21-8-3-2-7-19(21)24(25,26)27/h2-10,15-16H,11-14H2,1H3,(H2,28,29,33). The van der Waals surface area contributed by atoms with E-state index in [0.717, 1.165) is 49.3 Å². The first-order chi connectivity index (χ1) is 15.8. The van der Waals surface area contributed by atoms with Crippen LogP contribution in [0, 0.1) is 5.92 Å². The summed E-state index contributed by atoms with van der Waals surface area (Å²) in [7, 11) is 0. The van der Waals surface area contributed by atoms with Crippen LogP contribution >= 0.6 is 0 Å². The molecular formula is C24H24F3N5O. The molecule has 0 bridgehead atoms. The largest absolute Gasteiger partial charge is 0.418 e. The van der Waals surface area contributed by atoms with Crippen LogP contribution in [0.25, 0.3) is 11.3 Å². The van der Waals surface area contributed by atoms with E-state index in [1.807, 2.05) is 18.2 Å². The van der Waals surface area contributed by atoms with Crippen LogP contribution in [-0.4, -0.2) is 29.3 Å². The van der Waals surface area contributed by atoms with E-state index in [-0.39, 0.29) is 5.69 Å². The summed E-state index contributed by atoms with van der Waals surface area (Å²) in [6.45, 7) is 4.17. The third kappa shape index (κ3) is 5.60. The fourth-order valence-electron chi connectivity index (χ4n) is 3.77. The highest BCUT2D eigenvalue weighted by Gasteiger charge is 2.33. The molecule has 0 unspecified atom stereocenters. The molecule has 1 fully saturated rings. The Morgan fingerprint density at radius 1 is 0.970 bits per heavy atom. The van der Waals surface area contributed by atoms with Gasteiger partial charge in [-0.1, -0.05) is 31.2 Å². The normalized spacial score (nSPS) is 14.7. The van der Waals surface area contributed by atoms with Crippen molar-refractivity contribution >= 4 is 23.2 Å². The van der Waals surface area contributed by atoms with Gasteiger partial charge in [-0.15, -0.1) is 10.2 Å². The first-order valence-corrected chi connectivity index (χ1v) is 10.7. The van der Waals surface area contributed by atoms with E-state index >= 15 is 0 Å². The number of piperidine rings is 1. The Hall–Kier alpha value is -3.62. The second-order valence-corrected chi connectivity index (χ2v) is 8.15. The summed E-state index contributed by atoms with van der Waals surface area (Å²) in [4.78, 5) is 14.5. The Balaban J connectivity index is 1.44. The zero-order chi connectivity index (χ0) is 23.4. The summed E-state index contributed by atoms with van der Waals surface area (Å²) in [6, 6.07) is 14.8. The number of aromatic nitrogens is 2. The number of amides is 2. The summed E-state index contributed by atoms with van der Waals surface area (Å²) in [5.41, 5.74) is 0.565. The van der Waals surface area contributed by atoms with Crippen LogP contribution < -0.4 is 15.5 Å². The van der Waals surface area contributed by atoms with Crippen LogP contribution in [-0.2, 0) is 6.18 Å². The monoisotopic (exact) mass is 455 g/mol. The van der Waals surface area contributed by atoms with Crippen molar-refractivity contribution in [1.82, 2.24) is 10.2 Å². The predicted molar refractivity (Wildman–Crippen MR) is 122 cm³/mol. The highest BCUT2D eigenvalue weighted by atomic mass is 19.4. The maximum absolute atomic E-state index is 13.1. The molecule has 0 aliphatic carbocycles. The van der Waals surface area contributed by atoms with Gasteiger partial charge in [-0.2, -0.15) is 13.2 Å². The molecule has 9 heteroatoms. The molecule has 2 heterocycles. The highest BCUT2D eigenvalue weighted by Crippen LogP contribution is 2.34. The minimum Gasteiger partial charge on any atom is -0.355 e. The number of nitrogens with one attached hydrogen (secondary N) is 2. The topological polar surface area (TPSA) is 70.2 Å². The molecule has 4 rings (SSSR count). The van der Waals surface area contributed by atoms with Gasteiger partial charge >= 0.3 is 12.2 Å². The number of benzene rings is 2. The van der Waals surface area contributed by atoms with Gasteiger partial charge in [0.15, 0.2) is 5.82 Å². The minimum atomic E-state index is -4.57. The van der Waals surface area contributed by atoms with Crippen LogP contribution in [0.15, 0.2) is 60.7 Å². The molecule has 0 spiro atoms. The average molecular weight is 455 g/mol. The number of hydrogen-bond donors (Lipinski definition) is 2. The van der Waals surface area contributed by atoms with Gasteiger partial charge in [0.05, 0.1) is 16.9 Å². The lowest BCUT2D eigenvalue weighted by Gasteiger charge is -2.30. The van der Waals surface area contributed by atoms with Crippen LogP contribution in [0.2, 0.25) is 0 Å². The molecule has 0 saturated carbocycles. The number of anilines is 3. The molecule has 1 aromatic heterocycles. The van der Waals surface area contributed by atoms with Crippen molar-refractivity contribution in [2.75, 3.05) is 28.6 Å². The quantitative estimate of drug-likeness (QED) is 0.503. The lowest BCUT2D eigenvalue weighted by molar-refractivity contribution is -0.136. The van der Waals surface area contributed by atoms with Crippen molar-refractivity contribution in [1.29, 1.82) is 0 Å². The molecule has 0 atom stereocenters. The molecule has 1 aliphatic rings. The van der Waals surface area contributed by atoms with E-state index in [2.05, 4.69) is 32.7 Å². The van der Waals surface area contributed by atoms with Gasteiger partial charge in [0.2, 0.25) is 0 Å². The molecular weight excluding hydrogens is 431 g/mol. The van der Waals surface area contributed by atoms with Crippen molar-refractivity contribution in [3.05, 3.63) is 66.2 Å². The van der Waals surface area contributed by atoms with E-state index < -0.39 is 17.8 Å². The van der Waals surface area contributed by atoms with Crippen molar-refractivity contribution in [2.24, 2.45) is 5.92 Å². The molecule has 33 heavy (non-hydrogen) atoms. The second-order valence-electron chi connectivity index (χ2n) is 8.15. The van der Waals surface area contributed by atoms with E-state index in [1.54, 1.807) is 18.2 Å². The number of hydrogen-bond acceptors (Lipinski definition) is 4. The first kappa shape index (κ1) is 22.6. The van der Waals surface area contributed by atoms with Gasteiger partial charge in [0, 0.05) is 24.3 Å². The second kappa shape index (κ2) is 9.48. The Labute approximate surface area is 189 Å². The number of alkyl halides is 3. The number of para-hydroxylation sites is 1. The number of carbonyl (C=O) groups excluding carboxylic acids is 1. The fraction of sp³-hybridized carbons (Fsp3) is 0.292. The van der Waals surface area contributed by atoms with Crippen LogP contribution in [0.1, 0.15) is 25.3 Å². The zero-order valence-electron chi connectivity index (χ0n) is 18.1. The first-order valence-electron chi connectivity index (χ1n) is 10.7. The van der Waals surface area contributed by atoms with Crippen LogP contribution in [0.5, 0.6) is 0 Å². The average Bonchev–Trinajstić information content (AvgIpc) is 2.79. The van der Waals surface area contributed by atoms with E-state index in [9.17, 15) is 18.0 Å². The fourth-order valence-corrected chi connectivity index (χ4v) is 3.77. The summed E-state index contributed by atoms with van der Waals surface area (Å²) < 4.78 is 39.4. The third-order valence-corrected chi connectivity index (χ3v) is 5.65. The highest BCUT2D eigenvalue weighted by molar-refractivity contribution is 6.00. The van der Waals surface area contributed by atoms with Crippen molar-refractivity contribution in [2.45, 2.75) is 25.9 Å². The summed E-state index contributed by atoms with van der Waals surface area (Å²) in [5.74, 6) is 1.56. The van der Waals surface area contributed by atoms with Crippen LogP contribution in [0.4, 0.5) is 35.2 Å². The number of nitrogens with zero attached hydrogens (tertiary/aromatic N) is 3. The smallest absolute Gasteiger partial charge is 0.355 e. The lowest BCUT2D eigenvalue weighted by Crippen LogP contribution is -2.33. The molecule has 6 nitrogen and oxygen atoms in total. The number of rotatable bonds is 4. The van der Waals surface area contributed by atoms with Gasteiger partial charge in [-0.05, 0) is 55.2 Å². The Morgan fingerprint density at radius 3 is 2.42 bits per heavy atom. The Kier molecular flexibility index (Phi) is 6.48. The lowest BCUT2D eigenvalue weighted by atomic mass is 9.99. The Bertz CT molecular complexity index is 1110. The van der Waals surface area contributed by atoms with Gasteiger partial charge < -0.3 is 15.5 Å². The maximum atomic E-state index is 13.1. The molecule has 3 aromatic rings. The van der Waals surface area contributed by atoms with Gasteiger partial charge in [0.25, 0.3) is 0 Å². The molecule has 0 radical (unpaired) electrons. The van der Waals surface area contributed by atoms with E-state index in [4.69, 9.17) is 0 Å². The number of urea groups is 1. The van der Waals surface area contributed by atoms with Gasteiger partial charge in [-0.25, -0.2) is 4.79 Å². The van der Waals surface area contributed by atoms with Gasteiger partial charge in [0.1, 0.15) is 0 Å². The summed E-state index contributed by atoms with van der Waals surface area (Å²) in [6.07, 6.45) is -2.31. The predicted octanol–water partition coefficient (Wildman–Crippen LogP) is 6.04. The molecule has 172 valence electrons. The van der Waals surface area contributed by atoms with Crippen LogP contribution in [0.3, 0.4) is 0 Å². The SMILES string of the molecule is CC1CCN(c2ccc(-c3cccc(NC(=O)Nc4ccccc4C(F)(F)F)c3)nn2)CC1.